The monoisotopic (exact) mass is 265 g/mol. The number of methoxy groups -OCH3 is 1. The van der Waals surface area contributed by atoms with Gasteiger partial charge in [-0.15, -0.1) is 0 Å². The van der Waals surface area contributed by atoms with Gasteiger partial charge in [0.15, 0.2) is 5.82 Å². The molecule has 0 amide bonds. The van der Waals surface area contributed by atoms with Crippen LogP contribution in [-0.4, -0.2) is 30.2 Å². The Hall–Kier alpha value is -1.00. The van der Waals surface area contributed by atoms with Gasteiger partial charge in [0.1, 0.15) is 6.10 Å². The van der Waals surface area contributed by atoms with Crippen LogP contribution in [0, 0.1) is 19.8 Å². The maximum Gasteiger partial charge on any atom is 0.157 e. The molecule has 2 unspecified atom stereocenters. The first kappa shape index (κ1) is 16.1. The lowest BCUT2D eigenvalue weighted by Crippen LogP contribution is -2.23. The van der Waals surface area contributed by atoms with Crippen molar-refractivity contribution < 1.29 is 4.74 Å². The fraction of sp³-hybridized carbons (Fsp3) is 0.733. The Balaban J connectivity index is 2.85. The quantitative estimate of drug-likeness (QED) is 0.823. The minimum atomic E-state index is -0.0503. The highest BCUT2D eigenvalue weighted by Gasteiger charge is 2.14. The first-order chi connectivity index (χ1) is 8.99. The van der Waals surface area contributed by atoms with Crippen LogP contribution in [0.3, 0.4) is 0 Å². The van der Waals surface area contributed by atoms with E-state index in [0.29, 0.717) is 5.92 Å². The fourth-order valence-corrected chi connectivity index (χ4v) is 2.16. The molecule has 0 aliphatic rings. The van der Waals surface area contributed by atoms with Crippen molar-refractivity contribution in [3.8, 4) is 0 Å². The third kappa shape index (κ3) is 4.55. The molecule has 2 atom stereocenters. The fourth-order valence-electron chi connectivity index (χ4n) is 2.16. The molecule has 19 heavy (non-hydrogen) atoms. The lowest BCUT2D eigenvalue weighted by atomic mass is 9.98. The van der Waals surface area contributed by atoms with Gasteiger partial charge in [0, 0.05) is 18.5 Å². The number of nitrogens with one attached hydrogen (secondary N) is 1. The van der Waals surface area contributed by atoms with Crippen molar-refractivity contribution in [3.05, 3.63) is 22.8 Å². The van der Waals surface area contributed by atoms with Gasteiger partial charge < -0.3 is 10.1 Å². The summed E-state index contributed by atoms with van der Waals surface area (Å²) in [4.78, 5) is 9.16. The predicted molar refractivity (Wildman–Crippen MR) is 78.3 cm³/mol. The molecular formula is C15H27N3O. The molecule has 1 rings (SSSR count). The molecule has 0 saturated heterocycles. The van der Waals surface area contributed by atoms with Crippen LogP contribution in [0.5, 0.6) is 0 Å². The maximum absolute atomic E-state index is 5.29. The van der Waals surface area contributed by atoms with Crippen molar-refractivity contribution in [2.45, 2.75) is 47.1 Å². The van der Waals surface area contributed by atoms with E-state index in [2.05, 4.69) is 43.0 Å². The summed E-state index contributed by atoms with van der Waals surface area (Å²) in [6.07, 6.45) is 0.970. The lowest BCUT2D eigenvalue weighted by molar-refractivity contribution is 0.111. The predicted octanol–water partition coefficient (Wildman–Crippen LogP) is 2.59. The summed E-state index contributed by atoms with van der Waals surface area (Å²) in [5.74, 6) is 1.37. The molecule has 0 radical (unpaired) electrons. The molecule has 4 heteroatoms. The van der Waals surface area contributed by atoms with Crippen LogP contribution in [0.2, 0.25) is 0 Å². The number of ether oxygens (including phenoxy) is 1. The van der Waals surface area contributed by atoms with Crippen molar-refractivity contribution in [1.29, 1.82) is 0 Å². The first-order valence-corrected chi connectivity index (χ1v) is 7.07. The van der Waals surface area contributed by atoms with Crippen molar-refractivity contribution >= 4 is 0 Å². The van der Waals surface area contributed by atoms with Crippen molar-refractivity contribution in [1.82, 2.24) is 15.3 Å². The van der Waals surface area contributed by atoms with Gasteiger partial charge >= 0.3 is 0 Å². The SMILES string of the molecule is CCNCC(C)Cc1c(C)nc(C(C)OC)nc1C. The molecule has 0 aliphatic carbocycles. The molecule has 0 saturated carbocycles. The number of hydrogen-bond acceptors (Lipinski definition) is 4. The van der Waals surface area contributed by atoms with Gasteiger partial charge in [-0.1, -0.05) is 13.8 Å². The Morgan fingerprint density at radius 3 is 2.21 bits per heavy atom. The van der Waals surface area contributed by atoms with Crippen molar-refractivity contribution in [2.24, 2.45) is 5.92 Å². The summed E-state index contributed by atoms with van der Waals surface area (Å²) in [6, 6.07) is 0. The summed E-state index contributed by atoms with van der Waals surface area (Å²) in [7, 11) is 1.69. The summed E-state index contributed by atoms with van der Waals surface area (Å²) in [6.45, 7) is 12.5. The molecule has 1 aromatic heterocycles. The maximum atomic E-state index is 5.29. The van der Waals surface area contributed by atoms with Gasteiger partial charge in [-0.05, 0) is 51.8 Å². The average molecular weight is 265 g/mol. The minimum Gasteiger partial charge on any atom is -0.374 e. The zero-order valence-electron chi connectivity index (χ0n) is 13.1. The highest BCUT2D eigenvalue weighted by molar-refractivity contribution is 5.25. The zero-order valence-corrected chi connectivity index (χ0v) is 13.1. The van der Waals surface area contributed by atoms with Crippen LogP contribution in [0.1, 0.15) is 49.7 Å². The number of nitrogens with zero attached hydrogens (tertiary/aromatic N) is 2. The van der Waals surface area contributed by atoms with Crippen molar-refractivity contribution in [2.75, 3.05) is 20.2 Å². The van der Waals surface area contributed by atoms with E-state index in [4.69, 9.17) is 4.74 Å². The van der Waals surface area contributed by atoms with Crippen molar-refractivity contribution in [3.63, 3.8) is 0 Å². The molecule has 0 aromatic carbocycles. The number of aromatic nitrogens is 2. The van der Waals surface area contributed by atoms with E-state index in [1.165, 1.54) is 5.56 Å². The average Bonchev–Trinajstić information content (AvgIpc) is 2.39. The van der Waals surface area contributed by atoms with E-state index in [9.17, 15) is 0 Å². The van der Waals surface area contributed by atoms with Gasteiger partial charge in [0.2, 0.25) is 0 Å². The Morgan fingerprint density at radius 1 is 1.16 bits per heavy atom. The summed E-state index contributed by atoms with van der Waals surface area (Å²) < 4.78 is 5.29. The highest BCUT2D eigenvalue weighted by Crippen LogP contribution is 2.19. The molecule has 0 bridgehead atoms. The Morgan fingerprint density at radius 2 is 1.74 bits per heavy atom. The van der Waals surface area contributed by atoms with Crippen LogP contribution in [0.15, 0.2) is 0 Å². The smallest absolute Gasteiger partial charge is 0.157 e. The number of hydrogen-bond donors (Lipinski definition) is 1. The number of aryl methyl sites for hydroxylation is 2. The number of rotatable bonds is 7. The topological polar surface area (TPSA) is 47.0 Å². The summed E-state index contributed by atoms with van der Waals surface area (Å²) in [5, 5.41) is 3.39. The van der Waals surface area contributed by atoms with Crippen LogP contribution in [0.4, 0.5) is 0 Å². The van der Waals surface area contributed by atoms with E-state index < -0.39 is 0 Å². The van der Waals surface area contributed by atoms with E-state index in [-0.39, 0.29) is 6.10 Å². The third-order valence-electron chi connectivity index (χ3n) is 3.45. The normalized spacial score (nSPS) is 14.4. The Labute approximate surface area is 117 Å². The molecule has 4 nitrogen and oxygen atoms in total. The van der Waals surface area contributed by atoms with Crippen LogP contribution in [0.25, 0.3) is 0 Å². The van der Waals surface area contributed by atoms with Crippen LogP contribution < -0.4 is 5.32 Å². The van der Waals surface area contributed by atoms with Gasteiger partial charge in [0.05, 0.1) is 0 Å². The molecule has 1 N–H and O–H groups in total. The largest absolute Gasteiger partial charge is 0.374 e. The van der Waals surface area contributed by atoms with E-state index in [1.54, 1.807) is 7.11 Å². The second-order valence-corrected chi connectivity index (χ2v) is 5.23. The molecule has 0 fully saturated rings. The lowest BCUT2D eigenvalue weighted by Gasteiger charge is -2.17. The van der Waals surface area contributed by atoms with E-state index >= 15 is 0 Å². The van der Waals surface area contributed by atoms with E-state index in [0.717, 1.165) is 36.7 Å². The molecule has 0 spiro atoms. The Bertz CT molecular complexity index is 383. The molecule has 1 aromatic rings. The molecule has 1 heterocycles. The second-order valence-electron chi connectivity index (χ2n) is 5.23. The van der Waals surface area contributed by atoms with Gasteiger partial charge in [0.25, 0.3) is 0 Å². The third-order valence-corrected chi connectivity index (χ3v) is 3.45. The standard InChI is InChI=1S/C15H27N3O/c1-7-16-9-10(2)8-14-11(3)17-15(13(5)19-6)18-12(14)4/h10,13,16H,7-9H2,1-6H3. The molecule has 0 aliphatic heterocycles. The highest BCUT2D eigenvalue weighted by atomic mass is 16.5. The minimum absolute atomic E-state index is 0.0503. The first-order valence-electron chi connectivity index (χ1n) is 7.07. The zero-order chi connectivity index (χ0) is 14.4. The van der Waals surface area contributed by atoms with Crippen LogP contribution >= 0.6 is 0 Å². The molecular weight excluding hydrogens is 238 g/mol. The second kappa shape index (κ2) is 7.56. The molecule has 108 valence electrons. The Kier molecular flexibility index (Phi) is 6.38. The van der Waals surface area contributed by atoms with Gasteiger partial charge in [-0.3, -0.25) is 0 Å². The summed E-state index contributed by atoms with van der Waals surface area (Å²) >= 11 is 0. The summed E-state index contributed by atoms with van der Waals surface area (Å²) in [5.41, 5.74) is 3.43. The van der Waals surface area contributed by atoms with Gasteiger partial charge in [-0.25, -0.2) is 9.97 Å². The van der Waals surface area contributed by atoms with Crippen LogP contribution in [-0.2, 0) is 11.2 Å². The van der Waals surface area contributed by atoms with Gasteiger partial charge in [-0.2, -0.15) is 0 Å². The van der Waals surface area contributed by atoms with E-state index in [1.807, 2.05) is 6.92 Å².